The molecular formula is C19H20N2O2S2. The third-order valence-corrected chi connectivity index (χ3v) is 7.33. The molecule has 0 aliphatic heterocycles. The van der Waals surface area contributed by atoms with Crippen molar-refractivity contribution in [3.8, 4) is 9.88 Å². The summed E-state index contributed by atoms with van der Waals surface area (Å²) in [5, 5.41) is 10.7. The number of fused-ring (bicyclic) bond motifs is 2. The zero-order valence-corrected chi connectivity index (χ0v) is 15.9. The summed E-state index contributed by atoms with van der Waals surface area (Å²) in [5.41, 5.74) is 9.32. The van der Waals surface area contributed by atoms with Crippen molar-refractivity contribution in [2.75, 3.05) is 0 Å². The lowest BCUT2D eigenvalue weighted by Crippen LogP contribution is -2.22. The van der Waals surface area contributed by atoms with Crippen molar-refractivity contribution in [2.45, 2.75) is 39.7 Å². The van der Waals surface area contributed by atoms with Crippen molar-refractivity contribution in [1.82, 2.24) is 4.98 Å². The van der Waals surface area contributed by atoms with Gasteiger partial charge in [-0.2, -0.15) is 0 Å². The van der Waals surface area contributed by atoms with E-state index >= 15 is 0 Å². The molecule has 6 heteroatoms. The first-order valence-electron chi connectivity index (χ1n) is 8.36. The van der Waals surface area contributed by atoms with Crippen LogP contribution in [0.5, 0.6) is 0 Å². The van der Waals surface area contributed by atoms with Crippen LogP contribution < -0.4 is 5.73 Å². The summed E-state index contributed by atoms with van der Waals surface area (Å²) in [6, 6.07) is 5.99. The molecule has 0 unspecified atom stereocenters. The number of thiazole rings is 1. The standard InChI is InChI=1S/C19H20N2O2S2/c1-19(2)6-5-13-11(8-19)15(18(22)23)16(24-13)17-21-12-4-3-10(9-20)7-14(12)25-17/h3-4,7H,5-6,8-9,20H2,1-2H3,(H,22,23). The van der Waals surface area contributed by atoms with Gasteiger partial charge < -0.3 is 10.8 Å². The summed E-state index contributed by atoms with van der Waals surface area (Å²) in [6.07, 6.45) is 2.87. The maximum absolute atomic E-state index is 12.0. The Morgan fingerprint density at radius 3 is 2.88 bits per heavy atom. The van der Waals surface area contributed by atoms with E-state index in [9.17, 15) is 9.90 Å². The van der Waals surface area contributed by atoms with Crippen LogP contribution in [-0.4, -0.2) is 16.1 Å². The van der Waals surface area contributed by atoms with Crippen LogP contribution in [0, 0.1) is 5.41 Å². The first kappa shape index (κ1) is 16.7. The van der Waals surface area contributed by atoms with Crippen molar-refractivity contribution < 1.29 is 9.90 Å². The minimum atomic E-state index is -0.841. The van der Waals surface area contributed by atoms with Gasteiger partial charge >= 0.3 is 5.97 Å². The molecule has 4 nitrogen and oxygen atoms in total. The lowest BCUT2D eigenvalue weighted by Gasteiger charge is -2.29. The van der Waals surface area contributed by atoms with Gasteiger partial charge in [0.05, 0.1) is 20.7 Å². The minimum absolute atomic E-state index is 0.152. The molecule has 4 rings (SSSR count). The second-order valence-electron chi connectivity index (χ2n) is 7.38. The van der Waals surface area contributed by atoms with E-state index in [0.717, 1.165) is 50.5 Å². The third-order valence-electron chi connectivity index (χ3n) is 4.87. The summed E-state index contributed by atoms with van der Waals surface area (Å²) in [6.45, 7) is 4.92. The molecule has 3 aromatic rings. The first-order chi connectivity index (χ1) is 11.9. The van der Waals surface area contributed by atoms with E-state index in [-0.39, 0.29) is 5.41 Å². The molecule has 1 aliphatic carbocycles. The number of carboxylic acid groups (broad SMARTS) is 1. The Labute approximate surface area is 154 Å². The summed E-state index contributed by atoms with van der Waals surface area (Å²) in [5.74, 6) is -0.841. The van der Waals surface area contributed by atoms with Gasteiger partial charge in [-0.1, -0.05) is 19.9 Å². The molecule has 1 aliphatic rings. The molecule has 3 N–H and O–H groups in total. The number of thiophene rings is 1. The number of nitrogens with two attached hydrogens (primary N) is 1. The Bertz CT molecular complexity index is 985. The van der Waals surface area contributed by atoms with Gasteiger partial charge in [0.15, 0.2) is 0 Å². The molecule has 130 valence electrons. The average molecular weight is 373 g/mol. The Kier molecular flexibility index (Phi) is 3.94. The summed E-state index contributed by atoms with van der Waals surface area (Å²) < 4.78 is 1.06. The first-order valence-corrected chi connectivity index (χ1v) is 9.99. The number of carbonyl (C=O) groups is 1. The predicted octanol–water partition coefficient (Wildman–Crippen LogP) is 4.70. The van der Waals surface area contributed by atoms with Crippen LogP contribution in [0.25, 0.3) is 20.1 Å². The normalized spacial score (nSPS) is 16.1. The number of benzene rings is 1. The maximum Gasteiger partial charge on any atom is 0.337 e. The predicted molar refractivity (Wildman–Crippen MR) is 104 cm³/mol. The van der Waals surface area contributed by atoms with Gasteiger partial charge in [-0.05, 0) is 47.9 Å². The number of aryl methyl sites for hydroxylation is 1. The summed E-state index contributed by atoms with van der Waals surface area (Å²) in [7, 11) is 0. The number of aromatic carboxylic acids is 1. The molecule has 0 spiro atoms. The lowest BCUT2D eigenvalue weighted by molar-refractivity contribution is 0.0696. The van der Waals surface area contributed by atoms with E-state index in [2.05, 4.69) is 13.8 Å². The highest BCUT2D eigenvalue weighted by atomic mass is 32.1. The van der Waals surface area contributed by atoms with Crippen molar-refractivity contribution in [1.29, 1.82) is 0 Å². The van der Waals surface area contributed by atoms with Crippen LogP contribution in [0.3, 0.4) is 0 Å². The second-order valence-corrected chi connectivity index (χ2v) is 9.52. The maximum atomic E-state index is 12.0. The van der Waals surface area contributed by atoms with E-state index < -0.39 is 5.97 Å². The number of nitrogens with zero attached hydrogens (tertiary/aromatic N) is 1. The van der Waals surface area contributed by atoms with Crippen LogP contribution in [0.4, 0.5) is 0 Å². The molecule has 25 heavy (non-hydrogen) atoms. The van der Waals surface area contributed by atoms with Crippen LogP contribution >= 0.6 is 22.7 Å². The van der Waals surface area contributed by atoms with Crippen molar-refractivity contribution in [3.63, 3.8) is 0 Å². The van der Waals surface area contributed by atoms with Crippen molar-refractivity contribution in [3.05, 3.63) is 39.8 Å². The van der Waals surface area contributed by atoms with Gasteiger partial charge in [0.2, 0.25) is 0 Å². The van der Waals surface area contributed by atoms with Gasteiger partial charge in [0.25, 0.3) is 0 Å². The van der Waals surface area contributed by atoms with E-state index in [1.54, 1.807) is 22.7 Å². The Morgan fingerprint density at radius 2 is 2.16 bits per heavy atom. The molecule has 0 radical (unpaired) electrons. The fourth-order valence-corrected chi connectivity index (χ4v) is 5.91. The molecule has 0 atom stereocenters. The molecule has 2 aromatic heterocycles. The second kappa shape index (κ2) is 5.90. The quantitative estimate of drug-likeness (QED) is 0.699. The molecule has 0 saturated heterocycles. The number of aromatic nitrogens is 1. The molecular weight excluding hydrogens is 352 g/mol. The highest BCUT2D eigenvalue weighted by molar-refractivity contribution is 7.25. The molecule has 2 heterocycles. The van der Waals surface area contributed by atoms with E-state index in [1.807, 2.05) is 18.2 Å². The molecule has 0 saturated carbocycles. The van der Waals surface area contributed by atoms with Gasteiger partial charge in [0.1, 0.15) is 5.01 Å². The highest BCUT2D eigenvalue weighted by Gasteiger charge is 2.33. The fourth-order valence-electron chi connectivity index (χ4n) is 3.49. The number of hydrogen-bond donors (Lipinski definition) is 2. The average Bonchev–Trinajstić information content (AvgIpc) is 3.13. The summed E-state index contributed by atoms with van der Waals surface area (Å²) in [4.78, 5) is 18.8. The van der Waals surface area contributed by atoms with Gasteiger partial charge in [-0.3, -0.25) is 0 Å². The smallest absolute Gasteiger partial charge is 0.337 e. The molecule has 0 bridgehead atoms. The highest BCUT2D eigenvalue weighted by Crippen LogP contribution is 2.46. The van der Waals surface area contributed by atoms with Crippen LogP contribution in [-0.2, 0) is 19.4 Å². The minimum Gasteiger partial charge on any atom is -0.478 e. The topological polar surface area (TPSA) is 76.2 Å². The molecule has 1 aromatic carbocycles. The molecule has 0 fully saturated rings. The van der Waals surface area contributed by atoms with Crippen molar-refractivity contribution >= 4 is 38.9 Å². The van der Waals surface area contributed by atoms with Crippen LogP contribution in [0.1, 0.15) is 46.6 Å². The Morgan fingerprint density at radius 1 is 1.36 bits per heavy atom. The fraction of sp³-hybridized carbons (Fsp3) is 0.368. The zero-order chi connectivity index (χ0) is 17.8. The third kappa shape index (κ3) is 2.88. The lowest BCUT2D eigenvalue weighted by atomic mass is 9.76. The number of carboxylic acids is 1. The summed E-state index contributed by atoms with van der Waals surface area (Å²) >= 11 is 3.17. The van der Waals surface area contributed by atoms with Crippen LogP contribution in [0.2, 0.25) is 0 Å². The Balaban J connectivity index is 1.88. The zero-order valence-electron chi connectivity index (χ0n) is 14.3. The number of hydrogen-bond acceptors (Lipinski definition) is 5. The monoisotopic (exact) mass is 372 g/mol. The SMILES string of the molecule is CC1(C)CCc2sc(-c3nc4ccc(CN)cc4s3)c(C(=O)O)c2C1. The van der Waals surface area contributed by atoms with Crippen LogP contribution in [0.15, 0.2) is 18.2 Å². The van der Waals surface area contributed by atoms with Gasteiger partial charge in [0, 0.05) is 11.4 Å². The van der Waals surface area contributed by atoms with E-state index in [1.165, 1.54) is 4.88 Å². The number of rotatable bonds is 3. The largest absolute Gasteiger partial charge is 0.478 e. The van der Waals surface area contributed by atoms with E-state index in [0.29, 0.717) is 12.1 Å². The molecule has 0 amide bonds. The van der Waals surface area contributed by atoms with Gasteiger partial charge in [-0.15, -0.1) is 22.7 Å². The van der Waals surface area contributed by atoms with Crippen molar-refractivity contribution in [2.24, 2.45) is 11.1 Å². The van der Waals surface area contributed by atoms with Gasteiger partial charge in [-0.25, -0.2) is 9.78 Å². The Hall–Kier alpha value is -1.76. The van der Waals surface area contributed by atoms with E-state index in [4.69, 9.17) is 10.7 Å².